The van der Waals surface area contributed by atoms with Crippen LogP contribution in [-0.4, -0.2) is 21.1 Å². The van der Waals surface area contributed by atoms with Crippen molar-refractivity contribution in [3.63, 3.8) is 0 Å². The van der Waals surface area contributed by atoms with Gasteiger partial charge in [-0.1, -0.05) is 34.6 Å². The summed E-state index contributed by atoms with van der Waals surface area (Å²) in [6, 6.07) is 6.17. The van der Waals surface area contributed by atoms with Crippen LogP contribution < -0.4 is 0 Å². The van der Waals surface area contributed by atoms with E-state index in [1.54, 1.807) is 19.1 Å². The highest BCUT2D eigenvalue weighted by Crippen LogP contribution is 2.29. The van der Waals surface area contributed by atoms with Crippen LogP contribution in [0.15, 0.2) is 33.9 Å². The Bertz CT molecular complexity index is 602. The lowest BCUT2D eigenvalue weighted by molar-refractivity contribution is -0.159. The standard InChI is InChI=1S/C11H8F3N3O2/c1-6(16-18)7-2-4-8(5-3-7)9-15-10(19-17-9)11(12,13)14/h2-5,18H,1H3. The molecule has 0 aliphatic carbocycles. The molecule has 1 N–H and O–H groups in total. The molecule has 0 radical (unpaired) electrons. The zero-order valence-electron chi connectivity index (χ0n) is 9.64. The lowest BCUT2D eigenvalue weighted by Crippen LogP contribution is -2.04. The second-order valence-corrected chi connectivity index (χ2v) is 3.68. The van der Waals surface area contributed by atoms with E-state index >= 15 is 0 Å². The summed E-state index contributed by atoms with van der Waals surface area (Å²) in [7, 11) is 0. The molecule has 19 heavy (non-hydrogen) atoms. The predicted octanol–water partition coefficient (Wildman–Crippen LogP) is 2.95. The molecule has 2 rings (SSSR count). The van der Waals surface area contributed by atoms with E-state index in [0.717, 1.165) is 0 Å². The summed E-state index contributed by atoms with van der Waals surface area (Å²) in [5, 5.41) is 14.9. The average molecular weight is 271 g/mol. The lowest BCUT2D eigenvalue weighted by atomic mass is 10.1. The van der Waals surface area contributed by atoms with E-state index in [2.05, 4.69) is 19.8 Å². The van der Waals surface area contributed by atoms with E-state index < -0.39 is 12.1 Å². The van der Waals surface area contributed by atoms with Gasteiger partial charge in [0, 0.05) is 5.56 Å². The third-order valence-electron chi connectivity index (χ3n) is 2.38. The molecule has 1 heterocycles. The van der Waals surface area contributed by atoms with Crippen molar-refractivity contribution in [3.05, 3.63) is 35.7 Å². The highest BCUT2D eigenvalue weighted by Gasteiger charge is 2.38. The van der Waals surface area contributed by atoms with Crippen LogP contribution >= 0.6 is 0 Å². The normalized spacial score (nSPS) is 12.7. The van der Waals surface area contributed by atoms with Gasteiger partial charge in [-0.15, -0.1) is 0 Å². The Hall–Kier alpha value is -2.38. The number of halogens is 3. The molecule has 0 atom stereocenters. The second kappa shape index (κ2) is 4.71. The van der Waals surface area contributed by atoms with E-state index in [9.17, 15) is 13.2 Å². The topological polar surface area (TPSA) is 71.5 Å². The SMILES string of the molecule is CC(=NO)c1ccc(-c2noc(C(F)(F)F)n2)cc1. The van der Waals surface area contributed by atoms with E-state index in [4.69, 9.17) is 5.21 Å². The lowest BCUT2D eigenvalue weighted by Gasteiger charge is -1.99. The first kappa shape index (κ1) is 13.1. The second-order valence-electron chi connectivity index (χ2n) is 3.68. The first-order chi connectivity index (χ1) is 8.91. The molecule has 0 spiro atoms. The number of aromatic nitrogens is 2. The van der Waals surface area contributed by atoms with Gasteiger partial charge in [-0.05, 0) is 12.5 Å². The maximum Gasteiger partial charge on any atom is 0.471 e. The molecule has 0 saturated carbocycles. The van der Waals surface area contributed by atoms with Gasteiger partial charge in [0.25, 0.3) is 0 Å². The molecule has 0 bridgehead atoms. The van der Waals surface area contributed by atoms with E-state index in [1.807, 2.05) is 0 Å². The summed E-state index contributed by atoms with van der Waals surface area (Å²) >= 11 is 0. The molecule has 2 aromatic rings. The number of hydrogen-bond donors (Lipinski definition) is 1. The predicted molar refractivity (Wildman–Crippen MR) is 58.7 cm³/mol. The van der Waals surface area contributed by atoms with E-state index in [1.165, 1.54) is 12.1 Å². The van der Waals surface area contributed by atoms with Gasteiger partial charge >= 0.3 is 12.1 Å². The fraction of sp³-hybridized carbons (Fsp3) is 0.182. The van der Waals surface area contributed by atoms with Gasteiger partial charge < -0.3 is 9.73 Å². The summed E-state index contributed by atoms with van der Waals surface area (Å²) in [5.74, 6) is -1.54. The van der Waals surface area contributed by atoms with Gasteiger partial charge in [0.2, 0.25) is 5.82 Å². The third kappa shape index (κ3) is 2.72. The summed E-state index contributed by atoms with van der Waals surface area (Å²) < 4.78 is 41.0. The van der Waals surface area contributed by atoms with Gasteiger partial charge in [-0.2, -0.15) is 18.2 Å². The first-order valence-electron chi connectivity index (χ1n) is 5.12. The monoisotopic (exact) mass is 271 g/mol. The van der Waals surface area contributed by atoms with Crippen molar-refractivity contribution in [1.82, 2.24) is 10.1 Å². The van der Waals surface area contributed by atoms with E-state index in [0.29, 0.717) is 16.8 Å². The molecule has 0 amide bonds. The molecular weight excluding hydrogens is 263 g/mol. The Morgan fingerprint density at radius 1 is 1.26 bits per heavy atom. The van der Waals surface area contributed by atoms with E-state index in [-0.39, 0.29) is 5.82 Å². The van der Waals surface area contributed by atoms with Crippen LogP contribution in [0.2, 0.25) is 0 Å². The smallest absolute Gasteiger partial charge is 0.411 e. The van der Waals surface area contributed by atoms with Crippen LogP contribution in [0, 0.1) is 0 Å². The van der Waals surface area contributed by atoms with Crippen molar-refractivity contribution in [2.45, 2.75) is 13.1 Å². The van der Waals surface area contributed by atoms with Crippen LogP contribution in [0.4, 0.5) is 13.2 Å². The summed E-state index contributed by atoms with van der Waals surface area (Å²) in [4.78, 5) is 3.26. The molecule has 1 aromatic carbocycles. The largest absolute Gasteiger partial charge is 0.471 e. The van der Waals surface area contributed by atoms with Gasteiger partial charge in [-0.25, -0.2) is 0 Å². The number of oxime groups is 1. The molecule has 0 aliphatic rings. The number of hydrogen-bond acceptors (Lipinski definition) is 5. The van der Waals surface area contributed by atoms with Crippen LogP contribution in [-0.2, 0) is 6.18 Å². The quantitative estimate of drug-likeness (QED) is 0.518. The van der Waals surface area contributed by atoms with Crippen LogP contribution in [0.1, 0.15) is 18.4 Å². The Morgan fingerprint density at radius 2 is 1.89 bits per heavy atom. The van der Waals surface area contributed by atoms with Crippen LogP contribution in [0.25, 0.3) is 11.4 Å². The average Bonchev–Trinajstić information content (AvgIpc) is 2.87. The zero-order valence-corrected chi connectivity index (χ0v) is 9.64. The summed E-state index contributed by atoms with van der Waals surface area (Å²) in [5.41, 5.74) is 1.38. The fourth-order valence-corrected chi connectivity index (χ4v) is 1.37. The maximum absolute atomic E-state index is 12.3. The van der Waals surface area contributed by atoms with Gasteiger partial charge in [0.05, 0.1) is 5.71 Å². The molecule has 0 unspecified atom stereocenters. The molecule has 5 nitrogen and oxygen atoms in total. The van der Waals surface area contributed by atoms with Gasteiger partial charge in [-0.3, -0.25) is 0 Å². The minimum absolute atomic E-state index is 0.155. The molecule has 0 fully saturated rings. The Labute approximate surface area is 105 Å². The number of nitrogens with zero attached hydrogens (tertiary/aromatic N) is 3. The molecular formula is C11H8F3N3O2. The highest BCUT2D eigenvalue weighted by molar-refractivity contribution is 5.98. The number of benzene rings is 1. The number of rotatable bonds is 2. The Morgan fingerprint density at radius 3 is 2.37 bits per heavy atom. The van der Waals surface area contributed by atoms with Gasteiger partial charge in [0.15, 0.2) is 0 Å². The summed E-state index contributed by atoms with van der Waals surface area (Å²) in [6.45, 7) is 1.59. The van der Waals surface area contributed by atoms with Crippen LogP contribution in [0.3, 0.4) is 0 Å². The minimum atomic E-state index is -4.66. The van der Waals surface area contributed by atoms with Gasteiger partial charge in [0.1, 0.15) is 0 Å². The highest BCUT2D eigenvalue weighted by atomic mass is 19.4. The van der Waals surface area contributed by atoms with Crippen molar-refractivity contribution in [1.29, 1.82) is 0 Å². The molecule has 100 valence electrons. The molecule has 0 saturated heterocycles. The Balaban J connectivity index is 2.30. The van der Waals surface area contributed by atoms with Crippen molar-refractivity contribution in [2.24, 2.45) is 5.16 Å². The van der Waals surface area contributed by atoms with Crippen LogP contribution in [0.5, 0.6) is 0 Å². The van der Waals surface area contributed by atoms with Crippen molar-refractivity contribution < 1.29 is 22.9 Å². The Kier molecular flexibility index (Phi) is 3.24. The maximum atomic E-state index is 12.3. The molecule has 1 aromatic heterocycles. The van der Waals surface area contributed by atoms with Crippen molar-refractivity contribution in [3.8, 4) is 11.4 Å². The van der Waals surface area contributed by atoms with Crippen molar-refractivity contribution in [2.75, 3.05) is 0 Å². The van der Waals surface area contributed by atoms with Crippen molar-refractivity contribution >= 4 is 5.71 Å². The number of alkyl halides is 3. The third-order valence-corrected chi connectivity index (χ3v) is 2.38. The first-order valence-corrected chi connectivity index (χ1v) is 5.12. The minimum Gasteiger partial charge on any atom is -0.411 e. The molecule has 0 aliphatic heterocycles. The fourth-order valence-electron chi connectivity index (χ4n) is 1.37. The molecule has 8 heteroatoms. The zero-order chi connectivity index (χ0) is 14.0. The summed E-state index contributed by atoms with van der Waals surface area (Å²) in [6.07, 6.45) is -4.66.